The molecule has 2 N–H and O–H groups in total. The van der Waals surface area contributed by atoms with Crippen molar-refractivity contribution >= 4 is 12.4 Å². The molecule has 0 spiro atoms. The Morgan fingerprint density at radius 3 is 2.82 bits per heavy atom. The van der Waals surface area contributed by atoms with Gasteiger partial charge in [0.15, 0.2) is 0 Å². The monoisotopic (exact) mass is 175 g/mol. The summed E-state index contributed by atoms with van der Waals surface area (Å²) in [6, 6.07) is 0. The number of rotatable bonds is 3. The zero-order valence-electron chi connectivity index (χ0n) is 6.66. The van der Waals surface area contributed by atoms with Crippen LogP contribution in [0.2, 0.25) is 0 Å². The van der Waals surface area contributed by atoms with E-state index in [1.54, 1.807) is 0 Å². The molecular weight excluding hydrogens is 162 g/mol. The van der Waals surface area contributed by atoms with Crippen LogP contribution in [0.4, 0.5) is 0 Å². The van der Waals surface area contributed by atoms with Crippen molar-refractivity contribution < 1.29 is 0 Å². The third-order valence-electron chi connectivity index (χ3n) is 1.53. The molecule has 0 amide bonds. The Bertz CT molecular complexity index is 197. The minimum absolute atomic E-state index is 0. The Kier molecular flexibility index (Phi) is 4.90. The minimum atomic E-state index is 0. The molecule has 0 aliphatic carbocycles. The van der Waals surface area contributed by atoms with Crippen LogP contribution in [0.1, 0.15) is 12.2 Å². The molecule has 0 bridgehead atoms. The number of hydrogen-bond acceptors (Lipinski definition) is 2. The molecule has 4 heteroatoms. The number of aromatic nitrogens is 2. The number of imidazole rings is 1. The van der Waals surface area contributed by atoms with Gasteiger partial charge in [0.1, 0.15) is 5.82 Å². The van der Waals surface area contributed by atoms with Crippen molar-refractivity contribution in [1.29, 1.82) is 0 Å². The first kappa shape index (κ1) is 10.5. The van der Waals surface area contributed by atoms with Gasteiger partial charge < -0.3 is 10.3 Å². The highest BCUT2D eigenvalue weighted by molar-refractivity contribution is 5.85. The third kappa shape index (κ3) is 2.91. The van der Waals surface area contributed by atoms with E-state index >= 15 is 0 Å². The number of nitrogens with two attached hydrogens (primary N) is 1. The van der Waals surface area contributed by atoms with Crippen LogP contribution >= 0.6 is 12.4 Å². The average Bonchev–Trinajstić information content (AvgIpc) is 2.31. The van der Waals surface area contributed by atoms with Crippen LogP contribution in [0, 0.1) is 0 Å². The fraction of sp³-hybridized carbons (Fsp3) is 0.571. The van der Waals surface area contributed by atoms with Crippen molar-refractivity contribution in [3.8, 4) is 0 Å². The molecule has 0 aromatic carbocycles. The van der Waals surface area contributed by atoms with Crippen molar-refractivity contribution in [2.24, 2.45) is 12.8 Å². The van der Waals surface area contributed by atoms with Gasteiger partial charge in [0.25, 0.3) is 0 Å². The van der Waals surface area contributed by atoms with Gasteiger partial charge in [-0.25, -0.2) is 4.98 Å². The summed E-state index contributed by atoms with van der Waals surface area (Å²) in [6.45, 7) is 0.743. The Morgan fingerprint density at radius 1 is 1.64 bits per heavy atom. The molecule has 0 radical (unpaired) electrons. The molecule has 0 saturated heterocycles. The molecule has 11 heavy (non-hydrogen) atoms. The standard InChI is InChI=1S/C7H13N3.ClH/c1-10-6-5-9-7(10)3-2-4-8;/h5-6H,2-4,8H2,1H3;1H. The number of hydrogen-bond donors (Lipinski definition) is 1. The highest BCUT2D eigenvalue weighted by atomic mass is 35.5. The van der Waals surface area contributed by atoms with Crippen LogP contribution in [-0.4, -0.2) is 16.1 Å². The molecule has 1 heterocycles. The predicted octanol–water partition coefficient (Wildman–Crippen LogP) is 0.733. The molecule has 0 saturated carbocycles. The number of halogens is 1. The second kappa shape index (κ2) is 5.16. The van der Waals surface area contributed by atoms with Crippen molar-refractivity contribution in [2.45, 2.75) is 12.8 Å². The lowest BCUT2D eigenvalue weighted by atomic mass is 10.3. The van der Waals surface area contributed by atoms with Crippen LogP contribution in [-0.2, 0) is 13.5 Å². The highest BCUT2D eigenvalue weighted by Crippen LogP contribution is 1.96. The summed E-state index contributed by atoms with van der Waals surface area (Å²) in [5.74, 6) is 1.12. The van der Waals surface area contributed by atoms with E-state index < -0.39 is 0 Å². The summed E-state index contributed by atoms with van der Waals surface area (Å²) in [6.07, 6.45) is 5.77. The topological polar surface area (TPSA) is 43.8 Å². The van der Waals surface area contributed by atoms with Gasteiger partial charge in [-0.05, 0) is 13.0 Å². The summed E-state index contributed by atoms with van der Waals surface area (Å²) < 4.78 is 2.02. The third-order valence-corrected chi connectivity index (χ3v) is 1.53. The molecule has 0 fully saturated rings. The van der Waals surface area contributed by atoms with Gasteiger partial charge in [-0.2, -0.15) is 0 Å². The van der Waals surface area contributed by atoms with E-state index in [0.29, 0.717) is 0 Å². The molecule has 1 rings (SSSR count). The summed E-state index contributed by atoms with van der Waals surface area (Å²) in [5, 5.41) is 0. The molecule has 1 aromatic heterocycles. The fourth-order valence-electron chi connectivity index (χ4n) is 0.898. The molecule has 1 aromatic rings. The van der Waals surface area contributed by atoms with Gasteiger partial charge in [-0.3, -0.25) is 0 Å². The quantitative estimate of drug-likeness (QED) is 0.737. The summed E-state index contributed by atoms with van der Waals surface area (Å²) in [4.78, 5) is 4.16. The Hall–Kier alpha value is -0.540. The van der Waals surface area contributed by atoms with Crippen molar-refractivity contribution in [3.05, 3.63) is 18.2 Å². The second-order valence-electron chi connectivity index (χ2n) is 2.35. The van der Waals surface area contributed by atoms with Gasteiger partial charge in [0.05, 0.1) is 0 Å². The van der Waals surface area contributed by atoms with Crippen molar-refractivity contribution in [2.75, 3.05) is 6.54 Å². The van der Waals surface area contributed by atoms with Crippen LogP contribution < -0.4 is 5.73 Å². The van der Waals surface area contributed by atoms with E-state index in [4.69, 9.17) is 5.73 Å². The van der Waals surface area contributed by atoms with E-state index in [1.165, 1.54) is 0 Å². The smallest absolute Gasteiger partial charge is 0.108 e. The first-order valence-corrected chi connectivity index (χ1v) is 3.51. The van der Waals surface area contributed by atoms with Crippen LogP contribution in [0.5, 0.6) is 0 Å². The Balaban J connectivity index is 0.000001000. The van der Waals surface area contributed by atoms with Gasteiger partial charge in [0, 0.05) is 25.9 Å². The molecule has 3 nitrogen and oxygen atoms in total. The number of aryl methyl sites for hydroxylation is 2. The van der Waals surface area contributed by atoms with Crippen LogP contribution in [0.3, 0.4) is 0 Å². The van der Waals surface area contributed by atoms with Gasteiger partial charge in [0.2, 0.25) is 0 Å². The molecule has 0 atom stereocenters. The molecule has 0 aliphatic rings. The molecule has 0 aliphatic heterocycles. The van der Waals surface area contributed by atoms with E-state index in [2.05, 4.69) is 4.98 Å². The zero-order valence-corrected chi connectivity index (χ0v) is 7.47. The summed E-state index contributed by atoms with van der Waals surface area (Å²) in [5.41, 5.74) is 5.36. The molecule has 64 valence electrons. The maximum Gasteiger partial charge on any atom is 0.108 e. The van der Waals surface area contributed by atoms with Crippen molar-refractivity contribution in [1.82, 2.24) is 9.55 Å². The molecule has 0 unspecified atom stereocenters. The predicted molar refractivity (Wildman–Crippen MR) is 47.8 cm³/mol. The lowest BCUT2D eigenvalue weighted by Gasteiger charge is -1.97. The fourth-order valence-corrected chi connectivity index (χ4v) is 0.898. The molecular formula is C7H14ClN3. The lowest BCUT2D eigenvalue weighted by molar-refractivity contribution is 0.731. The first-order valence-electron chi connectivity index (χ1n) is 3.51. The van der Waals surface area contributed by atoms with Gasteiger partial charge in [-0.1, -0.05) is 0 Å². The second-order valence-corrected chi connectivity index (χ2v) is 2.35. The normalized spacial score (nSPS) is 9.27. The lowest BCUT2D eigenvalue weighted by Crippen LogP contribution is -2.03. The highest BCUT2D eigenvalue weighted by Gasteiger charge is 1.95. The first-order chi connectivity index (χ1) is 4.84. The SMILES string of the molecule is Cl.Cn1ccnc1CCCN. The number of nitrogens with zero attached hydrogens (tertiary/aromatic N) is 2. The minimum Gasteiger partial charge on any atom is -0.338 e. The summed E-state index contributed by atoms with van der Waals surface area (Å²) >= 11 is 0. The maximum atomic E-state index is 5.36. The van der Waals surface area contributed by atoms with E-state index in [1.807, 2.05) is 24.0 Å². The zero-order chi connectivity index (χ0) is 7.40. The van der Waals surface area contributed by atoms with E-state index in [-0.39, 0.29) is 12.4 Å². The van der Waals surface area contributed by atoms with Crippen molar-refractivity contribution in [3.63, 3.8) is 0 Å². The summed E-state index contributed by atoms with van der Waals surface area (Å²) in [7, 11) is 2.00. The Morgan fingerprint density at radius 2 is 2.36 bits per heavy atom. The average molecular weight is 176 g/mol. The maximum absolute atomic E-state index is 5.36. The van der Waals surface area contributed by atoms with Gasteiger partial charge in [-0.15, -0.1) is 12.4 Å². The van der Waals surface area contributed by atoms with Crippen LogP contribution in [0.25, 0.3) is 0 Å². The van der Waals surface area contributed by atoms with Gasteiger partial charge >= 0.3 is 0 Å². The Labute approximate surface area is 73.0 Å². The largest absolute Gasteiger partial charge is 0.338 e. The van der Waals surface area contributed by atoms with E-state index in [0.717, 1.165) is 25.2 Å². The van der Waals surface area contributed by atoms with E-state index in [9.17, 15) is 0 Å². The van der Waals surface area contributed by atoms with Crippen LogP contribution in [0.15, 0.2) is 12.4 Å².